The maximum Gasteiger partial charge on any atom is 0.271 e. The van der Waals surface area contributed by atoms with E-state index in [4.69, 9.17) is 0 Å². The number of nitrogens with zero attached hydrogens (tertiary/aromatic N) is 3. The van der Waals surface area contributed by atoms with Crippen molar-refractivity contribution in [1.29, 1.82) is 0 Å². The Morgan fingerprint density at radius 1 is 0.936 bits per heavy atom. The van der Waals surface area contributed by atoms with Crippen LogP contribution in [0.3, 0.4) is 0 Å². The zero-order chi connectivity index (χ0) is 32.5. The molecule has 5 rings (SSSR count). The lowest BCUT2D eigenvalue weighted by Crippen LogP contribution is -2.41. The Bertz CT molecular complexity index is 1490. The van der Waals surface area contributed by atoms with Gasteiger partial charge in [0.2, 0.25) is 11.8 Å². The summed E-state index contributed by atoms with van der Waals surface area (Å²) < 4.78 is 0. The van der Waals surface area contributed by atoms with Gasteiger partial charge in [0.25, 0.3) is 11.8 Å². The average molecular weight is 702 g/mol. The van der Waals surface area contributed by atoms with Crippen molar-refractivity contribution in [2.24, 2.45) is 5.92 Å². The molecule has 4 bridgehead atoms. The average Bonchev–Trinajstić information content (AvgIpc) is 3.49. The summed E-state index contributed by atoms with van der Waals surface area (Å²) in [6, 6.07) is 9.42. The summed E-state index contributed by atoms with van der Waals surface area (Å²) in [5.41, 5.74) is 1.58. The van der Waals surface area contributed by atoms with E-state index in [1.807, 2.05) is 30.3 Å². The van der Waals surface area contributed by atoms with E-state index < -0.39 is 6.04 Å². The summed E-state index contributed by atoms with van der Waals surface area (Å²) in [6.45, 7) is 5.73. The van der Waals surface area contributed by atoms with Crippen molar-refractivity contribution in [2.75, 3.05) is 26.2 Å². The van der Waals surface area contributed by atoms with E-state index in [1.54, 1.807) is 15.7 Å². The number of hydrogen-bond donors (Lipinski definition) is 4. The van der Waals surface area contributed by atoms with Crippen LogP contribution in [0.25, 0.3) is 0 Å². The lowest BCUT2D eigenvalue weighted by molar-refractivity contribution is -0.131. The zero-order valence-corrected chi connectivity index (χ0v) is 29.3. The first kappa shape index (κ1) is 36.4. The van der Waals surface area contributed by atoms with Gasteiger partial charge >= 0.3 is 0 Å². The minimum atomic E-state index is -0.476. The fourth-order valence-corrected chi connectivity index (χ4v) is 7.04. The third-order valence-electron chi connectivity index (χ3n) is 7.93. The SMILES string of the molecule is CC(C)C[C@@H]1NC(=O)CCCN(C(=O)CNC2CC2)CCCNC(=O)c2csc(n2)[C@H](Cc2ccccc2)NC(=O)c2csc1n2.Cl. The summed E-state index contributed by atoms with van der Waals surface area (Å²) in [7, 11) is 0. The monoisotopic (exact) mass is 701 g/mol. The molecule has 4 N–H and O–H groups in total. The van der Waals surface area contributed by atoms with Crippen LogP contribution < -0.4 is 21.3 Å². The minimum absolute atomic E-state index is 0. The number of rotatable bonds is 7. The molecular formula is C33H44ClN7O4S2. The molecule has 3 aromatic rings. The highest BCUT2D eigenvalue weighted by Gasteiger charge is 2.26. The van der Waals surface area contributed by atoms with Crippen LogP contribution in [0, 0.1) is 5.92 Å². The van der Waals surface area contributed by atoms with Crippen LogP contribution in [0.1, 0.15) is 101 Å². The molecule has 0 spiro atoms. The largest absolute Gasteiger partial charge is 0.351 e. The fourth-order valence-electron chi connectivity index (χ4n) is 5.33. The number of amides is 4. The molecule has 47 heavy (non-hydrogen) atoms. The molecule has 4 amide bonds. The molecule has 14 heteroatoms. The van der Waals surface area contributed by atoms with Gasteiger partial charge in [-0.15, -0.1) is 35.1 Å². The Balaban J connectivity index is 0.00000500. The summed E-state index contributed by atoms with van der Waals surface area (Å²) >= 11 is 2.68. The van der Waals surface area contributed by atoms with Crippen LogP contribution in [0.5, 0.6) is 0 Å². The molecule has 2 aliphatic rings. The molecule has 1 aromatic carbocycles. The molecule has 1 fully saturated rings. The highest BCUT2D eigenvalue weighted by Crippen LogP contribution is 2.27. The van der Waals surface area contributed by atoms with Crippen LogP contribution >= 0.6 is 35.1 Å². The zero-order valence-electron chi connectivity index (χ0n) is 26.8. The topological polar surface area (TPSA) is 145 Å². The van der Waals surface area contributed by atoms with Crippen LogP contribution in [0.4, 0.5) is 0 Å². The van der Waals surface area contributed by atoms with E-state index in [0.29, 0.717) is 67.3 Å². The first-order chi connectivity index (χ1) is 22.2. The smallest absolute Gasteiger partial charge is 0.271 e. The van der Waals surface area contributed by atoms with Gasteiger partial charge in [-0.3, -0.25) is 19.2 Å². The van der Waals surface area contributed by atoms with Gasteiger partial charge in [-0.05, 0) is 50.0 Å². The van der Waals surface area contributed by atoms with Crippen molar-refractivity contribution in [3.63, 3.8) is 0 Å². The van der Waals surface area contributed by atoms with Crippen molar-refractivity contribution in [2.45, 2.75) is 76.9 Å². The standard InChI is InChI=1S/C33H43N7O4S2.ClH/c1-21(2)16-24-32-39-27(20-46-32)31(44)37-25(17-22-8-4-3-5-9-22)33-38-26(19-45-33)30(43)34-13-7-15-40(14-6-10-28(41)36-24)29(42)18-35-23-11-12-23;/h3-5,8-9,19-21,23-25,35H,6-7,10-18H2,1-2H3,(H,34,43)(H,36,41)(H,37,44);1H/t24-,25-;/m0./s1. The predicted molar refractivity (Wildman–Crippen MR) is 186 cm³/mol. The Morgan fingerprint density at radius 2 is 1.60 bits per heavy atom. The Labute approximate surface area is 290 Å². The number of halogens is 1. The number of nitrogens with one attached hydrogen (secondary N) is 4. The molecule has 3 heterocycles. The summed E-state index contributed by atoms with van der Waals surface area (Å²) in [5, 5.41) is 17.2. The van der Waals surface area contributed by atoms with Gasteiger partial charge in [0.1, 0.15) is 21.4 Å². The third kappa shape index (κ3) is 11.1. The molecule has 2 aromatic heterocycles. The minimum Gasteiger partial charge on any atom is -0.351 e. The van der Waals surface area contributed by atoms with Crippen LogP contribution in [0.2, 0.25) is 0 Å². The molecule has 0 radical (unpaired) electrons. The molecule has 0 saturated heterocycles. The van der Waals surface area contributed by atoms with Crippen LogP contribution in [0.15, 0.2) is 41.1 Å². The first-order valence-electron chi connectivity index (χ1n) is 16.1. The maximum atomic E-state index is 13.5. The number of hydrogen-bond acceptors (Lipinski definition) is 9. The quantitative estimate of drug-likeness (QED) is 0.285. The van der Waals surface area contributed by atoms with E-state index >= 15 is 0 Å². The summed E-state index contributed by atoms with van der Waals surface area (Å²) in [6.07, 6.45) is 4.69. The number of fused-ring (bicyclic) bond motifs is 4. The van der Waals surface area contributed by atoms with Gasteiger partial charge in [0.05, 0.1) is 18.6 Å². The lowest BCUT2D eigenvalue weighted by Gasteiger charge is -2.23. The first-order valence-corrected chi connectivity index (χ1v) is 17.9. The second-order valence-corrected chi connectivity index (χ2v) is 14.1. The lowest BCUT2D eigenvalue weighted by atomic mass is 10.0. The second-order valence-electron chi connectivity index (χ2n) is 12.4. The van der Waals surface area contributed by atoms with Crippen molar-refractivity contribution in [1.82, 2.24) is 36.1 Å². The molecule has 1 aliphatic heterocycles. The van der Waals surface area contributed by atoms with Gasteiger partial charge in [-0.25, -0.2) is 9.97 Å². The second kappa shape index (κ2) is 17.7. The molecule has 254 valence electrons. The summed E-state index contributed by atoms with van der Waals surface area (Å²) in [4.78, 5) is 63.7. The van der Waals surface area contributed by atoms with Gasteiger partial charge in [0, 0.05) is 42.9 Å². The van der Waals surface area contributed by atoms with E-state index in [2.05, 4.69) is 45.1 Å². The molecule has 1 saturated carbocycles. The predicted octanol–water partition coefficient (Wildman–Crippen LogP) is 4.43. The van der Waals surface area contributed by atoms with Gasteiger partial charge < -0.3 is 26.2 Å². The number of aromatic nitrogens is 2. The van der Waals surface area contributed by atoms with Gasteiger partial charge in [-0.1, -0.05) is 44.2 Å². The third-order valence-corrected chi connectivity index (χ3v) is 9.85. The number of thiazole rings is 2. The molecular weight excluding hydrogens is 658 g/mol. The van der Waals surface area contributed by atoms with Gasteiger partial charge in [0.15, 0.2) is 0 Å². The normalized spacial score (nSPS) is 20.0. The van der Waals surface area contributed by atoms with Crippen LogP contribution in [-0.4, -0.2) is 70.7 Å². The molecule has 2 atom stereocenters. The van der Waals surface area contributed by atoms with Crippen molar-refractivity contribution < 1.29 is 19.2 Å². The number of carbonyl (C=O) groups is 4. The van der Waals surface area contributed by atoms with E-state index in [-0.39, 0.29) is 66.4 Å². The maximum absolute atomic E-state index is 13.5. The summed E-state index contributed by atoms with van der Waals surface area (Å²) in [5.74, 6) is -0.472. The van der Waals surface area contributed by atoms with Crippen molar-refractivity contribution in [3.05, 3.63) is 68.1 Å². The van der Waals surface area contributed by atoms with Crippen molar-refractivity contribution in [3.8, 4) is 0 Å². The Kier molecular flexibility index (Phi) is 13.7. The molecule has 11 nitrogen and oxygen atoms in total. The van der Waals surface area contributed by atoms with Crippen molar-refractivity contribution >= 4 is 58.7 Å². The molecule has 1 aliphatic carbocycles. The number of benzene rings is 1. The highest BCUT2D eigenvalue weighted by molar-refractivity contribution is 7.10. The fraction of sp³-hybridized carbons (Fsp3) is 0.515. The molecule has 0 unspecified atom stereocenters. The Hall–Kier alpha value is -3.39. The van der Waals surface area contributed by atoms with E-state index in [9.17, 15) is 19.2 Å². The number of carbonyl (C=O) groups excluding carboxylic acids is 4. The highest BCUT2D eigenvalue weighted by atomic mass is 35.5. The van der Waals surface area contributed by atoms with E-state index in [1.165, 1.54) is 22.7 Å². The van der Waals surface area contributed by atoms with E-state index in [0.717, 1.165) is 18.4 Å². The van der Waals surface area contributed by atoms with Crippen LogP contribution in [-0.2, 0) is 16.0 Å². The van der Waals surface area contributed by atoms with Gasteiger partial charge in [-0.2, -0.15) is 0 Å². The Morgan fingerprint density at radius 3 is 2.28 bits per heavy atom.